The van der Waals surface area contributed by atoms with Crippen LogP contribution >= 0.6 is 0 Å². The molecule has 3 aromatic rings. The number of hydrogen-bond donors (Lipinski definition) is 1. The van der Waals surface area contributed by atoms with Gasteiger partial charge in [0.1, 0.15) is 0 Å². The van der Waals surface area contributed by atoms with E-state index in [1.807, 2.05) is 30.3 Å². The minimum atomic E-state index is -0.811. The van der Waals surface area contributed by atoms with Gasteiger partial charge in [-0.2, -0.15) is 0 Å². The Morgan fingerprint density at radius 2 is 1.41 bits per heavy atom. The van der Waals surface area contributed by atoms with Gasteiger partial charge in [-0.25, -0.2) is 9.97 Å². The molecule has 1 aromatic heterocycles. The van der Waals surface area contributed by atoms with Crippen molar-refractivity contribution in [3.63, 3.8) is 0 Å². The molecule has 27 heavy (non-hydrogen) atoms. The van der Waals surface area contributed by atoms with Gasteiger partial charge in [0.25, 0.3) is 17.3 Å². The fourth-order valence-electron chi connectivity index (χ4n) is 2.28. The molecule has 0 aliphatic rings. The molecule has 2 aromatic carbocycles. The second-order valence-corrected chi connectivity index (χ2v) is 5.37. The van der Waals surface area contributed by atoms with Crippen LogP contribution in [0.25, 0.3) is 11.1 Å². The maximum absolute atomic E-state index is 12.3. The van der Waals surface area contributed by atoms with Crippen LogP contribution in [-0.2, 0) is 0 Å². The number of rotatable bonds is 5. The number of carbonyl (C=O) groups excluding carboxylic acids is 1. The minimum absolute atomic E-state index is 0.0335. The quantitative estimate of drug-likeness (QED) is 0.540. The van der Waals surface area contributed by atoms with Crippen LogP contribution < -0.4 is 5.32 Å². The van der Waals surface area contributed by atoms with E-state index in [0.29, 0.717) is 0 Å². The lowest BCUT2D eigenvalue weighted by atomic mass is 10.1. The number of benzene rings is 2. The number of amides is 1. The van der Waals surface area contributed by atoms with Crippen molar-refractivity contribution < 1.29 is 14.6 Å². The number of anilines is 1. The van der Waals surface area contributed by atoms with Gasteiger partial charge in [-0.05, 0) is 5.56 Å². The molecule has 1 N–H and O–H groups in total. The van der Waals surface area contributed by atoms with E-state index in [0.717, 1.165) is 29.3 Å². The standard InChI is InChI=1S/C17H11N5O5/c23-16(12-6-14(21(24)25)8-15(7-12)22(26)27)20-17-18-9-13(10-19-17)11-4-2-1-3-5-11/h1-10H,(H,18,19,20,23). The van der Waals surface area contributed by atoms with Crippen molar-refractivity contribution in [2.24, 2.45) is 0 Å². The van der Waals surface area contributed by atoms with E-state index < -0.39 is 27.1 Å². The number of nitro groups is 2. The summed E-state index contributed by atoms with van der Waals surface area (Å²) in [5.41, 5.74) is 0.264. The van der Waals surface area contributed by atoms with Gasteiger partial charge in [-0.3, -0.25) is 30.3 Å². The summed E-state index contributed by atoms with van der Waals surface area (Å²) >= 11 is 0. The van der Waals surface area contributed by atoms with Crippen LogP contribution in [0.2, 0.25) is 0 Å². The zero-order chi connectivity index (χ0) is 19.4. The van der Waals surface area contributed by atoms with E-state index in [2.05, 4.69) is 15.3 Å². The van der Waals surface area contributed by atoms with Gasteiger partial charge >= 0.3 is 0 Å². The van der Waals surface area contributed by atoms with Crippen molar-refractivity contribution in [2.45, 2.75) is 0 Å². The molecular weight excluding hydrogens is 354 g/mol. The normalized spacial score (nSPS) is 10.2. The van der Waals surface area contributed by atoms with E-state index in [1.54, 1.807) is 0 Å². The average molecular weight is 365 g/mol. The predicted molar refractivity (Wildman–Crippen MR) is 95.2 cm³/mol. The van der Waals surface area contributed by atoms with Crippen molar-refractivity contribution in [3.05, 3.63) is 86.7 Å². The molecule has 10 nitrogen and oxygen atoms in total. The maximum Gasteiger partial charge on any atom is 0.277 e. The number of nitrogens with one attached hydrogen (secondary N) is 1. The molecular formula is C17H11N5O5. The maximum atomic E-state index is 12.3. The van der Waals surface area contributed by atoms with Gasteiger partial charge in [0.15, 0.2) is 0 Å². The Balaban J connectivity index is 1.83. The highest BCUT2D eigenvalue weighted by Gasteiger charge is 2.20. The summed E-state index contributed by atoms with van der Waals surface area (Å²) < 4.78 is 0. The van der Waals surface area contributed by atoms with Gasteiger partial charge in [-0.15, -0.1) is 0 Å². The van der Waals surface area contributed by atoms with Crippen molar-refractivity contribution in [2.75, 3.05) is 5.32 Å². The third kappa shape index (κ3) is 4.07. The Hall–Kier alpha value is -4.21. The van der Waals surface area contributed by atoms with Gasteiger partial charge in [0.05, 0.1) is 21.5 Å². The Labute approximate surface area is 151 Å². The summed E-state index contributed by atoms with van der Waals surface area (Å²) in [5.74, 6) is -0.830. The fourth-order valence-corrected chi connectivity index (χ4v) is 2.28. The zero-order valence-electron chi connectivity index (χ0n) is 13.6. The van der Waals surface area contributed by atoms with Crippen molar-refractivity contribution in [3.8, 4) is 11.1 Å². The van der Waals surface area contributed by atoms with Crippen LogP contribution in [0.3, 0.4) is 0 Å². The van der Waals surface area contributed by atoms with Crippen LogP contribution in [0.1, 0.15) is 10.4 Å². The second kappa shape index (κ2) is 7.35. The molecule has 134 valence electrons. The molecule has 0 aliphatic carbocycles. The molecule has 10 heteroatoms. The highest BCUT2D eigenvalue weighted by Crippen LogP contribution is 2.23. The Kier molecular flexibility index (Phi) is 4.79. The van der Waals surface area contributed by atoms with E-state index in [1.165, 1.54) is 12.4 Å². The van der Waals surface area contributed by atoms with Gasteiger partial charge < -0.3 is 0 Å². The number of nitro benzene ring substituents is 2. The number of nitrogens with zero attached hydrogens (tertiary/aromatic N) is 4. The summed E-state index contributed by atoms with van der Waals surface area (Å²) in [4.78, 5) is 40.5. The summed E-state index contributed by atoms with van der Waals surface area (Å²) in [6.07, 6.45) is 3.02. The van der Waals surface area contributed by atoms with Gasteiger partial charge in [0.2, 0.25) is 5.95 Å². The highest BCUT2D eigenvalue weighted by atomic mass is 16.6. The molecule has 0 saturated carbocycles. The average Bonchev–Trinajstić information content (AvgIpc) is 2.68. The minimum Gasteiger partial charge on any atom is -0.290 e. The molecule has 0 unspecified atom stereocenters. The van der Waals surface area contributed by atoms with Gasteiger partial charge in [0, 0.05) is 30.1 Å². The summed E-state index contributed by atoms with van der Waals surface area (Å²) in [7, 11) is 0. The van der Waals surface area contributed by atoms with Gasteiger partial charge in [-0.1, -0.05) is 30.3 Å². The molecule has 0 radical (unpaired) electrons. The summed E-state index contributed by atoms with van der Waals surface area (Å²) in [5, 5.41) is 24.2. The third-order valence-corrected chi connectivity index (χ3v) is 3.57. The van der Waals surface area contributed by atoms with E-state index in [-0.39, 0.29) is 11.5 Å². The van der Waals surface area contributed by atoms with Crippen LogP contribution in [-0.4, -0.2) is 25.7 Å². The lowest BCUT2D eigenvalue weighted by molar-refractivity contribution is -0.394. The monoisotopic (exact) mass is 365 g/mol. The second-order valence-electron chi connectivity index (χ2n) is 5.37. The number of non-ortho nitro benzene ring substituents is 2. The fraction of sp³-hybridized carbons (Fsp3) is 0. The molecule has 0 aliphatic heterocycles. The number of hydrogen-bond acceptors (Lipinski definition) is 7. The Morgan fingerprint density at radius 1 is 0.852 bits per heavy atom. The predicted octanol–water partition coefficient (Wildman–Crippen LogP) is 3.21. The largest absolute Gasteiger partial charge is 0.290 e. The first-order valence-electron chi connectivity index (χ1n) is 7.57. The first kappa shape index (κ1) is 17.6. The van der Waals surface area contributed by atoms with Crippen molar-refractivity contribution in [1.29, 1.82) is 0 Å². The summed E-state index contributed by atoms with van der Waals surface area (Å²) in [6, 6.07) is 12.0. The number of carbonyl (C=O) groups is 1. The van der Waals surface area contributed by atoms with E-state index in [9.17, 15) is 25.0 Å². The van der Waals surface area contributed by atoms with Crippen LogP contribution in [0.4, 0.5) is 17.3 Å². The first-order chi connectivity index (χ1) is 12.9. The molecule has 0 atom stereocenters. The first-order valence-corrected chi connectivity index (χ1v) is 7.57. The third-order valence-electron chi connectivity index (χ3n) is 3.57. The van der Waals surface area contributed by atoms with Crippen LogP contribution in [0, 0.1) is 20.2 Å². The molecule has 0 bridgehead atoms. The smallest absolute Gasteiger partial charge is 0.277 e. The number of aromatic nitrogens is 2. The van der Waals surface area contributed by atoms with E-state index >= 15 is 0 Å². The molecule has 1 heterocycles. The molecule has 0 fully saturated rings. The van der Waals surface area contributed by atoms with Crippen molar-refractivity contribution in [1.82, 2.24) is 9.97 Å². The Morgan fingerprint density at radius 3 is 1.93 bits per heavy atom. The summed E-state index contributed by atoms with van der Waals surface area (Å²) in [6.45, 7) is 0. The SMILES string of the molecule is O=C(Nc1ncc(-c2ccccc2)cn1)c1cc([N+](=O)[O-])cc([N+](=O)[O-])c1. The molecule has 0 saturated heterocycles. The molecule has 1 amide bonds. The molecule has 3 rings (SSSR count). The zero-order valence-corrected chi connectivity index (χ0v) is 13.6. The Bertz CT molecular complexity index is 989. The lowest BCUT2D eigenvalue weighted by Gasteiger charge is -2.05. The van der Waals surface area contributed by atoms with Crippen LogP contribution in [0.5, 0.6) is 0 Å². The highest BCUT2D eigenvalue weighted by molar-refractivity contribution is 6.04. The van der Waals surface area contributed by atoms with Crippen LogP contribution in [0.15, 0.2) is 60.9 Å². The van der Waals surface area contributed by atoms with Crippen molar-refractivity contribution >= 4 is 23.2 Å². The molecule has 0 spiro atoms. The van der Waals surface area contributed by atoms with E-state index in [4.69, 9.17) is 0 Å². The topological polar surface area (TPSA) is 141 Å². The lowest BCUT2D eigenvalue weighted by Crippen LogP contribution is -2.14.